The first kappa shape index (κ1) is 26.2. The Balaban J connectivity index is 1.62. The summed E-state index contributed by atoms with van der Waals surface area (Å²) < 4.78 is 48.2. The van der Waals surface area contributed by atoms with E-state index in [4.69, 9.17) is 37.8 Å². The fraction of sp³-hybridized carbons (Fsp3) is 0.250. The molecule has 3 N–H and O–H groups in total. The maximum atomic E-state index is 14.1. The van der Waals surface area contributed by atoms with E-state index in [-0.39, 0.29) is 22.1 Å². The quantitative estimate of drug-likeness (QED) is 0.339. The molecule has 0 aromatic heterocycles. The average molecular weight is 527 g/mol. The lowest BCUT2D eigenvalue weighted by atomic mass is 10.1. The van der Waals surface area contributed by atoms with Crippen molar-refractivity contribution in [3.8, 4) is 11.5 Å². The second-order valence-corrected chi connectivity index (χ2v) is 9.80. The molecule has 34 heavy (non-hydrogen) atoms. The monoisotopic (exact) mass is 526 g/mol. The molecule has 0 atom stereocenters. The van der Waals surface area contributed by atoms with Gasteiger partial charge in [-0.25, -0.2) is 17.9 Å². The van der Waals surface area contributed by atoms with Gasteiger partial charge in [0.15, 0.2) is 11.5 Å². The topological polar surface area (TPSA) is 90.6 Å². The number of ether oxygens (including phenoxy) is 2. The summed E-state index contributed by atoms with van der Waals surface area (Å²) in [5, 5.41) is 9.18. The molecule has 0 spiro atoms. The van der Waals surface area contributed by atoms with E-state index >= 15 is 0 Å². The van der Waals surface area contributed by atoms with E-state index < -0.39 is 15.8 Å². The number of primary sulfonamides is 1. The lowest BCUT2D eigenvalue weighted by Gasteiger charge is -2.16. The Kier molecular flexibility index (Phi) is 9.16. The lowest BCUT2D eigenvalue weighted by molar-refractivity contribution is 0.265. The molecule has 0 saturated heterocycles. The van der Waals surface area contributed by atoms with E-state index in [0.29, 0.717) is 42.6 Å². The summed E-state index contributed by atoms with van der Waals surface area (Å²) in [5.74, 6) is 0.441. The highest BCUT2D eigenvalue weighted by Gasteiger charge is 2.14. The van der Waals surface area contributed by atoms with Crippen molar-refractivity contribution < 1.29 is 22.3 Å². The van der Waals surface area contributed by atoms with Crippen molar-refractivity contribution in [2.75, 3.05) is 13.2 Å². The Morgan fingerprint density at radius 3 is 2.35 bits per heavy atom. The SMILES string of the molecule is CCOc1cc(CNCCc2ccc(S(N)(=O)=O)cc2)c(Cl)cc1OCc1c(F)cccc1Cl. The molecule has 3 rings (SSSR count). The lowest BCUT2D eigenvalue weighted by Crippen LogP contribution is -2.17. The maximum Gasteiger partial charge on any atom is 0.238 e. The van der Waals surface area contributed by atoms with Crippen LogP contribution in [0.4, 0.5) is 4.39 Å². The minimum absolute atomic E-state index is 0.0657. The van der Waals surface area contributed by atoms with Crippen LogP contribution in [-0.2, 0) is 29.6 Å². The molecule has 3 aromatic carbocycles. The van der Waals surface area contributed by atoms with Gasteiger partial charge in [0.25, 0.3) is 0 Å². The van der Waals surface area contributed by atoms with Crippen molar-refractivity contribution >= 4 is 33.2 Å². The van der Waals surface area contributed by atoms with Gasteiger partial charge in [0, 0.05) is 23.2 Å². The number of nitrogens with two attached hydrogens (primary N) is 1. The van der Waals surface area contributed by atoms with Crippen molar-refractivity contribution in [2.45, 2.75) is 31.4 Å². The molecule has 0 heterocycles. The van der Waals surface area contributed by atoms with Gasteiger partial charge in [-0.3, -0.25) is 0 Å². The van der Waals surface area contributed by atoms with Crippen molar-refractivity contribution in [1.29, 1.82) is 0 Å². The molecule has 0 amide bonds. The number of nitrogens with one attached hydrogen (secondary N) is 1. The molecule has 0 aliphatic heterocycles. The maximum absolute atomic E-state index is 14.1. The summed E-state index contributed by atoms with van der Waals surface area (Å²) in [6.45, 7) is 3.32. The van der Waals surface area contributed by atoms with Gasteiger partial charge in [0.1, 0.15) is 12.4 Å². The third-order valence-electron chi connectivity index (χ3n) is 5.00. The molecular formula is C24H25Cl2FN2O4S. The zero-order valence-electron chi connectivity index (χ0n) is 18.5. The van der Waals surface area contributed by atoms with Crippen LogP contribution in [0.25, 0.3) is 0 Å². The molecule has 0 saturated carbocycles. The summed E-state index contributed by atoms with van der Waals surface area (Å²) in [7, 11) is -3.70. The Hall–Kier alpha value is -2.36. The smallest absolute Gasteiger partial charge is 0.238 e. The van der Waals surface area contributed by atoms with Crippen LogP contribution in [0.15, 0.2) is 59.5 Å². The Labute approximate surface area is 208 Å². The molecule has 0 aliphatic rings. The molecule has 3 aromatic rings. The minimum atomic E-state index is -3.70. The highest BCUT2D eigenvalue weighted by molar-refractivity contribution is 7.89. The molecule has 0 radical (unpaired) electrons. The molecule has 10 heteroatoms. The number of hydrogen-bond donors (Lipinski definition) is 2. The molecule has 0 unspecified atom stereocenters. The van der Waals surface area contributed by atoms with E-state index in [2.05, 4.69) is 5.32 Å². The summed E-state index contributed by atoms with van der Waals surface area (Å²) in [5.41, 5.74) is 2.04. The highest BCUT2D eigenvalue weighted by Crippen LogP contribution is 2.35. The largest absolute Gasteiger partial charge is 0.490 e. The van der Waals surface area contributed by atoms with Crippen molar-refractivity contribution in [3.05, 3.63) is 87.2 Å². The van der Waals surface area contributed by atoms with Crippen LogP contribution in [0.3, 0.4) is 0 Å². The zero-order valence-corrected chi connectivity index (χ0v) is 20.8. The van der Waals surface area contributed by atoms with E-state index in [1.807, 2.05) is 6.92 Å². The fourth-order valence-corrected chi connectivity index (χ4v) is 4.17. The Morgan fingerprint density at radius 2 is 1.71 bits per heavy atom. The van der Waals surface area contributed by atoms with Crippen LogP contribution >= 0.6 is 23.2 Å². The van der Waals surface area contributed by atoms with Crippen molar-refractivity contribution in [1.82, 2.24) is 5.32 Å². The van der Waals surface area contributed by atoms with Crippen LogP contribution in [0.2, 0.25) is 10.0 Å². The average Bonchev–Trinajstić information content (AvgIpc) is 2.78. The number of benzene rings is 3. The predicted octanol–water partition coefficient (Wildman–Crippen LogP) is 5.09. The summed E-state index contributed by atoms with van der Waals surface area (Å²) >= 11 is 12.5. The highest BCUT2D eigenvalue weighted by atomic mass is 35.5. The standard InChI is InChI=1S/C24H25Cl2FN2O4S/c1-2-32-23-12-17(14-29-11-10-16-6-8-18(9-7-16)34(28,30)31)21(26)13-24(23)33-15-19-20(25)4-3-5-22(19)27/h3-9,12-13,29H,2,10-11,14-15H2,1H3,(H2,28,30,31). The number of rotatable bonds is 11. The van der Waals surface area contributed by atoms with Crippen LogP contribution < -0.4 is 19.9 Å². The van der Waals surface area contributed by atoms with Crippen LogP contribution in [0, 0.1) is 5.82 Å². The van der Waals surface area contributed by atoms with Gasteiger partial charge in [-0.2, -0.15) is 0 Å². The van der Waals surface area contributed by atoms with Crippen LogP contribution in [0.5, 0.6) is 11.5 Å². The second-order valence-electron chi connectivity index (χ2n) is 7.43. The number of sulfonamides is 1. The normalized spacial score (nSPS) is 11.4. The third-order valence-corrected chi connectivity index (χ3v) is 6.64. The van der Waals surface area contributed by atoms with Gasteiger partial charge in [-0.05, 0) is 61.3 Å². The summed E-state index contributed by atoms with van der Waals surface area (Å²) in [4.78, 5) is 0.0824. The first-order chi connectivity index (χ1) is 16.2. The van der Waals surface area contributed by atoms with E-state index in [9.17, 15) is 12.8 Å². The summed E-state index contributed by atoms with van der Waals surface area (Å²) in [6, 6.07) is 14.3. The van der Waals surface area contributed by atoms with Gasteiger partial charge < -0.3 is 14.8 Å². The van der Waals surface area contributed by atoms with Gasteiger partial charge in [0.2, 0.25) is 10.0 Å². The molecular weight excluding hydrogens is 502 g/mol. The molecule has 182 valence electrons. The molecule has 6 nitrogen and oxygen atoms in total. The van der Waals surface area contributed by atoms with E-state index in [0.717, 1.165) is 11.1 Å². The zero-order chi connectivity index (χ0) is 24.7. The first-order valence-corrected chi connectivity index (χ1v) is 12.8. The van der Waals surface area contributed by atoms with Gasteiger partial charge in [0.05, 0.1) is 16.5 Å². The summed E-state index contributed by atoms with van der Waals surface area (Å²) in [6.07, 6.45) is 0.686. The van der Waals surface area contributed by atoms with Crippen molar-refractivity contribution in [2.24, 2.45) is 5.14 Å². The minimum Gasteiger partial charge on any atom is -0.490 e. The molecule has 0 fully saturated rings. The molecule has 0 aliphatic carbocycles. The predicted molar refractivity (Wildman–Crippen MR) is 132 cm³/mol. The van der Waals surface area contributed by atoms with Gasteiger partial charge in [-0.15, -0.1) is 0 Å². The van der Waals surface area contributed by atoms with Crippen LogP contribution in [0.1, 0.15) is 23.6 Å². The van der Waals surface area contributed by atoms with E-state index in [1.54, 1.807) is 30.3 Å². The second kappa shape index (κ2) is 11.9. The van der Waals surface area contributed by atoms with Gasteiger partial charge >= 0.3 is 0 Å². The van der Waals surface area contributed by atoms with Crippen LogP contribution in [-0.4, -0.2) is 21.6 Å². The number of hydrogen-bond acceptors (Lipinski definition) is 5. The van der Waals surface area contributed by atoms with Crippen molar-refractivity contribution in [3.63, 3.8) is 0 Å². The third kappa shape index (κ3) is 7.07. The Bertz CT molecular complexity index is 1220. The first-order valence-electron chi connectivity index (χ1n) is 10.5. The Morgan fingerprint density at radius 1 is 1.00 bits per heavy atom. The van der Waals surface area contributed by atoms with Gasteiger partial charge in [-0.1, -0.05) is 41.4 Å². The molecule has 0 bridgehead atoms. The van der Waals surface area contributed by atoms with E-state index in [1.165, 1.54) is 24.3 Å². The fourth-order valence-electron chi connectivity index (χ4n) is 3.22. The number of halogens is 3.